The Hall–Kier alpha value is -2.24. The Kier molecular flexibility index (Phi) is 3.92. The number of aromatic nitrogens is 4. The summed E-state index contributed by atoms with van der Waals surface area (Å²) in [6.45, 7) is 7.59. The van der Waals surface area contributed by atoms with E-state index in [0.717, 1.165) is 49.0 Å². The predicted molar refractivity (Wildman–Crippen MR) is 85.3 cm³/mol. The minimum atomic E-state index is -0.0671. The zero-order valence-electron chi connectivity index (χ0n) is 13.3. The zero-order valence-corrected chi connectivity index (χ0v) is 13.3. The molecule has 116 valence electrons. The molecule has 2 aromatic heterocycles. The summed E-state index contributed by atoms with van der Waals surface area (Å²) < 4.78 is 0. The third kappa shape index (κ3) is 3.16. The minimum Gasteiger partial charge on any atom is -0.341 e. The van der Waals surface area contributed by atoms with E-state index in [9.17, 15) is 4.79 Å². The molecule has 6 heteroatoms. The third-order valence-corrected chi connectivity index (χ3v) is 4.05. The van der Waals surface area contributed by atoms with Gasteiger partial charge >= 0.3 is 0 Å². The van der Waals surface area contributed by atoms with E-state index in [-0.39, 0.29) is 5.56 Å². The van der Waals surface area contributed by atoms with Crippen molar-refractivity contribution in [2.45, 2.75) is 39.5 Å². The SMILES string of the molecule is Cc1cc(C)nc(N2CCC(c3cc(=O)[nH]c(C)n3)CC2)n1. The van der Waals surface area contributed by atoms with E-state index in [2.05, 4.69) is 24.8 Å². The lowest BCUT2D eigenvalue weighted by Crippen LogP contribution is -2.35. The van der Waals surface area contributed by atoms with Gasteiger partial charge in [-0.25, -0.2) is 15.0 Å². The van der Waals surface area contributed by atoms with Crippen molar-refractivity contribution in [1.29, 1.82) is 0 Å². The fourth-order valence-electron chi connectivity index (χ4n) is 3.04. The monoisotopic (exact) mass is 299 g/mol. The van der Waals surface area contributed by atoms with Crippen LogP contribution in [-0.4, -0.2) is 33.0 Å². The van der Waals surface area contributed by atoms with Crippen LogP contribution in [0.2, 0.25) is 0 Å². The minimum absolute atomic E-state index is 0.0671. The van der Waals surface area contributed by atoms with Crippen molar-refractivity contribution in [2.75, 3.05) is 18.0 Å². The standard InChI is InChI=1S/C16H21N5O/c1-10-8-11(2)18-16(17-10)21-6-4-13(5-7-21)14-9-15(22)20-12(3)19-14/h8-9,13H,4-7H2,1-3H3,(H,19,20,22). The van der Waals surface area contributed by atoms with Gasteiger partial charge in [-0.15, -0.1) is 0 Å². The fourth-order valence-corrected chi connectivity index (χ4v) is 3.04. The Bertz CT molecular complexity index is 711. The second-order valence-electron chi connectivity index (χ2n) is 5.97. The van der Waals surface area contributed by atoms with Crippen LogP contribution in [0.3, 0.4) is 0 Å². The molecular formula is C16H21N5O. The molecule has 1 saturated heterocycles. The molecule has 0 bridgehead atoms. The highest BCUT2D eigenvalue weighted by molar-refractivity contribution is 5.33. The second-order valence-corrected chi connectivity index (χ2v) is 5.97. The molecule has 0 radical (unpaired) electrons. The van der Waals surface area contributed by atoms with E-state index in [4.69, 9.17) is 0 Å². The molecule has 0 amide bonds. The summed E-state index contributed by atoms with van der Waals surface area (Å²) in [7, 11) is 0. The van der Waals surface area contributed by atoms with E-state index in [1.165, 1.54) is 0 Å². The summed E-state index contributed by atoms with van der Waals surface area (Å²) in [5.74, 6) is 1.83. The van der Waals surface area contributed by atoms with Gasteiger partial charge in [-0.05, 0) is 39.7 Å². The number of nitrogens with one attached hydrogen (secondary N) is 1. The fraction of sp³-hybridized carbons (Fsp3) is 0.500. The van der Waals surface area contributed by atoms with Crippen LogP contribution < -0.4 is 10.5 Å². The first-order valence-corrected chi connectivity index (χ1v) is 7.66. The number of hydrogen-bond acceptors (Lipinski definition) is 5. The van der Waals surface area contributed by atoms with Gasteiger partial charge in [-0.1, -0.05) is 0 Å². The van der Waals surface area contributed by atoms with Crippen LogP contribution in [0.25, 0.3) is 0 Å². The number of hydrogen-bond donors (Lipinski definition) is 1. The van der Waals surface area contributed by atoms with Gasteiger partial charge in [0.1, 0.15) is 5.82 Å². The lowest BCUT2D eigenvalue weighted by atomic mass is 9.93. The van der Waals surface area contributed by atoms with Gasteiger partial charge in [0.05, 0.1) is 5.69 Å². The first-order chi connectivity index (χ1) is 10.5. The quantitative estimate of drug-likeness (QED) is 0.916. The number of nitrogens with zero attached hydrogens (tertiary/aromatic N) is 4. The maximum absolute atomic E-state index is 11.6. The highest BCUT2D eigenvalue weighted by Gasteiger charge is 2.23. The first-order valence-electron chi connectivity index (χ1n) is 7.66. The summed E-state index contributed by atoms with van der Waals surface area (Å²) in [6.07, 6.45) is 1.93. The number of anilines is 1. The van der Waals surface area contributed by atoms with Gasteiger partial charge in [0.15, 0.2) is 0 Å². The number of H-pyrrole nitrogens is 1. The van der Waals surface area contributed by atoms with Gasteiger partial charge in [-0.3, -0.25) is 4.79 Å². The lowest BCUT2D eigenvalue weighted by Gasteiger charge is -2.32. The van der Waals surface area contributed by atoms with Crippen LogP contribution in [-0.2, 0) is 0 Å². The Morgan fingerprint density at radius 1 is 1.05 bits per heavy atom. The molecule has 3 heterocycles. The van der Waals surface area contributed by atoms with Crippen molar-refractivity contribution in [3.05, 3.63) is 45.4 Å². The van der Waals surface area contributed by atoms with E-state index in [0.29, 0.717) is 11.7 Å². The molecule has 1 aliphatic rings. The number of aromatic amines is 1. The van der Waals surface area contributed by atoms with Crippen molar-refractivity contribution in [1.82, 2.24) is 19.9 Å². The van der Waals surface area contributed by atoms with Crippen LogP contribution in [0.15, 0.2) is 16.9 Å². The average Bonchev–Trinajstić information content (AvgIpc) is 2.45. The summed E-state index contributed by atoms with van der Waals surface area (Å²) in [6, 6.07) is 3.61. The number of aryl methyl sites for hydroxylation is 3. The maximum Gasteiger partial charge on any atom is 0.251 e. The molecule has 1 fully saturated rings. The van der Waals surface area contributed by atoms with Crippen LogP contribution in [0.5, 0.6) is 0 Å². The molecule has 1 aliphatic heterocycles. The van der Waals surface area contributed by atoms with Gasteiger partial charge < -0.3 is 9.88 Å². The molecule has 0 saturated carbocycles. The van der Waals surface area contributed by atoms with Gasteiger partial charge in [0.25, 0.3) is 5.56 Å². The number of piperidine rings is 1. The Morgan fingerprint density at radius 2 is 1.68 bits per heavy atom. The Balaban J connectivity index is 1.73. The molecule has 0 aliphatic carbocycles. The highest BCUT2D eigenvalue weighted by Crippen LogP contribution is 2.27. The summed E-state index contributed by atoms with van der Waals surface area (Å²) in [5, 5.41) is 0. The molecule has 0 spiro atoms. The second kappa shape index (κ2) is 5.87. The number of rotatable bonds is 2. The molecule has 1 N–H and O–H groups in total. The van der Waals surface area contributed by atoms with Crippen LogP contribution in [0.1, 0.15) is 41.7 Å². The zero-order chi connectivity index (χ0) is 15.7. The van der Waals surface area contributed by atoms with Crippen LogP contribution in [0, 0.1) is 20.8 Å². The van der Waals surface area contributed by atoms with Crippen LogP contribution >= 0.6 is 0 Å². The van der Waals surface area contributed by atoms with E-state index >= 15 is 0 Å². The van der Waals surface area contributed by atoms with Gasteiger partial charge in [0.2, 0.25) is 5.95 Å². The highest BCUT2D eigenvalue weighted by atomic mass is 16.1. The maximum atomic E-state index is 11.6. The van der Waals surface area contributed by atoms with Crippen molar-refractivity contribution < 1.29 is 0 Å². The molecule has 2 aromatic rings. The first kappa shape index (κ1) is 14.7. The smallest absolute Gasteiger partial charge is 0.251 e. The predicted octanol–water partition coefficient (Wildman–Crippen LogP) is 1.87. The van der Waals surface area contributed by atoms with Crippen molar-refractivity contribution in [3.63, 3.8) is 0 Å². The van der Waals surface area contributed by atoms with Crippen molar-refractivity contribution in [2.24, 2.45) is 0 Å². The molecule has 0 aromatic carbocycles. The lowest BCUT2D eigenvalue weighted by molar-refractivity contribution is 0.488. The van der Waals surface area contributed by atoms with Gasteiger partial charge in [0, 0.05) is 36.5 Å². The molecule has 6 nitrogen and oxygen atoms in total. The normalized spacial score (nSPS) is 16.0. The van der Waals surface area contributed by atoms with E-state index in [1.807, 2.05) is 26.8 Å². The van der Waals surface area contributed by atoms with Crippen molar-refractivity contribution >= 4 is 5.95 Å². The van der Waals surface area contributed by atoms with Gasteiger partial charge in [-0.2, -0.15) is 0 Å². The molecular weight excluding hydrogens is 278 g/mol. The summed E-state index contributed by atoms with van der Waals surface area (Å²) >= 11 is 0. The topological polar surface area (TPSA) is 74.8 Å². The average molecular weight is 299 g/mol. The van der Waals surface area contributed by atoms with E-state index < -0.39 is 0 Å². The molecule has 0 atom stereocenters. The Labute approximate surface area is 129 Å². The summed E-state index contributed by atoms with van der Waals surface area (Å²) in [4.78, 5) is 30.0. The molecule has 3 rings (SSSR count). The Morgan fingerprint density at radius 3 is 2.27 bits per heavy atom. The largest absolute Gasteiger partial charge is 0.341 e. The van der Waals surface area contributed by atoms with Crippen molar-refractivity contribution in [3.8, 4) is 0 Å². The summed E-state index contributed by atoms with van der Waals surface area (Å²) in [5.41, 5.74) is 2.83. The third-order valence-electron chi connectivity index (χ3n) is 4.05. The van der Waals surface area contributed by atoms with Crippen LogP contribution in [0.4, 0.5) is 5.95 Å². The van der Waals surface area contributed by atoms with E-state index in [1.54, 1.807) is 6.07 Å². The molecule has 0 unspecified atom stereocenters. The molecule has 22 heavy (non-hydrogen) atoms.